The SMILES string of the molecule is CCC(C)C(N)C(=O)N(C)CCOCCCOC.Cl. The molecule has 0 fully saturated rings. The normalized spacial score (nSPS) is 13.5. The lowest BCUT2D eigenvalue weighted by Gasteiger charge is -2.24. The molecule has 5 nitrogen and oxygen atoms in total. The summed E-state index contributed by atoms with van der Waals surface area (Å²) in [7, 11) is 3.44. The van der Waals surface area contributed by atoms with Crippen LogP contribution in [0.1, 0.15) is 26.7 Å². The minimum atomic E-state index is -0.409. The van der Waals surface area contributed by atoms with Gasteiger partial charge in [0, 0.05) is 33.9 Å². The third kappa shape index (κ3) is 9.21. The molecular weight excluding hydrogens is 268 g/mol. The number of halogens is 1. The summed E-state index contributed by atoms with van der Waals surface area (Å²) < 4.78 is 10.3. The van der Waals surface area contributed by atoms with E-state index in [2.05, 4.69) is 0 Å². The van der Waals surface area contributed by atoms with Crippen LogP contribution in [-0.4, -0.2) is 57.4 Å². The van der Waals surface area contributed by atoms with Crippen molar-refractivity contribution in [2.45, 2.75) is 32.7 Å². The van der Waals surface area contributed by atoms with Gasteiger partial charge in [-0.2, -0.15) is 0 Å². The number of amides is 1. The van der Waals surface area contributed by atoms with E-state index >= 15 is 0 Å². The lowest BCUT2D eigenvalue weighted by atomic mass is 9.99. The minimum Gasteiger partial charge on any atom is -0.385 e. The second-order valence-corrected chi connectivity index (χ2v) is 4.63. The van der Waals surface area contributed by atoms with Crippen LogP contribution in [0.25, 0.3) is 0 Å². The Morgan fingerprint density at radius 1 is 1.32 bits per heavy atom. The number of nitrogens with two attached hydrogens (primary N) is 1. The molecule has 0 radical (unpaired) electrons. The average Bonchev–Trinajstić information content (AvgIpc) is 2.39. The molecule has 0 rings (SSSR count). The number of nitrogens with zero attached hydrogens (tertiary/aromatic N) is 1. The van der Waals surface area contributed by atoms with E-state index in [0.29, 0.717) is 26.4 Å². The standard InChI is InChI=1S/C13H28N2O3.ClH/c1-5-11(2)12(14)13(16)15(3)7-10-18-9-6-8-17-4;/h11-12H,5-10,14H2,1-4H3;1H. The summed E-state index contributed by atoms with van der Waals surface area (Å²) in [5, 5.41) is 0. The van der Waals surface area contributed by atoms with E-state index in [1.54, 1.807) is 19.1 Å². The molecule has 0 aromatic heterocycles. The number of carbonyl (C=O) groups is 1. The highest BCUT2D eigenvalue weighted by atomic mass is 35.5. The van der Waals surface area contributed by atoms with Gasteiger partial charge in [-0.3, -0.25) is 4.79 Å². The molecule has 0 aliphatic heterocycles. The highest BCUT2D eigenvalue weighted by molar-refractivity contribution is 5.85. The number of rotatable bonds is 10. The molecule has 0 saturated carbocycles. The highest BCUT2D eigenvalue weighted by Gasteiger charge is 2.22. The summed E-state index contributed by atoms with van der Waals surface area (Å²) in [6, 6.07) is -0.409. The number of hydrogen-bond acceptors (Lipinski definition) is 4. The number of carbonyl (C=O) groups excluding carboxylic acids is 1. The quantitative estimate of drug-likeness (QED) is 0.617. The van der Waals surface area contributed by atoms with Crippen LogP contribution in [0.2, 0.25) is 0 Å². The monoisotopic (exact) mass is 296 g/mol. The van der Waals surface area contributed by atoms with Gasteiger partial charge in [0.15, 0.2) is 0 Å². The Bertz CT molecular complexity index is 230. The third-order valence-corrected chi connectivity index (χ3v) is 3.13. The fraction of sp³-hybridized carbons (Fsp3) is 0.923. The predicted molar refractivity (Wildman–Crippen MR) is 79.6 cm³/mol. The van der Waals surface area contributed by atoms with Gasteiger partial charge in [-0.05, 0) is 12.3 Å². The summed E-state index contributed by atoms with van der Waals surface area (Å²) in [6.45, 7) is 6.52. The lowest BCUT2D eigenvalue weighted by Crippen LogP contribution is -2.46. The number of likely N-dealkylation sites (N-methyl/N-ethyl adjacent to an activating group) is 1. The summed E-state index contributed by atoms with van der Waals surface area (Å²) in [5.74, 6) is 0.201. The van der Waals surface area contributed by atoms with Crippen molar-refractivity contribution in [2.24, 2.45) is 11.7 Å². The molecule has 0 aromatic carbocycles. The molecule has 0 saturated heterocycles. The van der Waals surface area contributed by atoms with Crippen molar-refractivity contribution in [2.75, 3.05) is 40.5 Å². The van der Waals surface area contributed by atoms with E-state index in [9.17, 15) is 4.79 Å². The largest absolute Gasteiger partial charge is 0.385 e. The molecule has 2 atom stereocenters. The van der Waals surface area contributed by atoms with Gasteiger partial charge in [-0.25, -0.2) is 0 Å². The van der Waals surface area contributed by atoms with Crippen molar-refractivity contribution in [3.8, 4) is 0 Å². The Morgan fingerprint density at radius 2 is 1.95 bits per heavy atom. The van der Waals surface area contributed by atoms with Gasteiger partial charge < -0.3 is 20.1 Å². The summed E-state index contributed by atoms with van der Waals surface area (Å²) in [5.41, 5.74) is 5.89. The van der Waals surface area contributed by atoms with Gasteiger partial charge in [0.1, 0.15) is 0 Å². The summed E-state index contributed by atoms with van der Waals surface area (Å²) in [6.07, 6.45) is 1.79. The molecule has 116 valence electrons. The Kier molecular flexibility index (Phi) is 14.0. The maximum atomic E-state index is 11.9. The van der Waals surface area contributed by atoms with Crippen LogP contribution in [0.5, 0.6) is 0 Å². The number of methoxy groups -OCH3 is 1. The zero-order valence-electron chi connectivity index (χ0n) is 12.6. The van der Waals surface area contributed by atoms with E-state index in [0.717, 1.165) is 12.8 Å². The summed E-state index contributed by atoms with van der Waals surface area (Å²) >= 11 is 0. The molecule has 0 aromatic rings. The first-order valence-corrected chi connectivity index (χ1v) is 6.61. The Labute approximate surface area is 123 Å². The lowest BCUT2D eigenvalue weighted by molar-refractivity contribution is -0.133. The van der Waals surface area contributed by atoms with Gasteiger partial charge in [0.25, 0.3) is 0 Å². The molecule has 6 heteroatoms. The first kappa shape index (κ1) is 20.9. The molecule has 2 unspecified atom stereocenters. The van der Waals surface area contributed by atoms with E-state index < -0.39 is 6.04 Å². The fourth-order valence-corrected chi connectivity index (χ4v) is 1.47. The Morgan fingerprint density at radius 3 is 2.47 bits per heavy atom. The van der Waals surface area contributed by atoms with E-state index in [1.807, 2.05) is 13.8 Å². The van der Waals surface area contributed by atoms with E-state index in [4.69, 9.17) is 15.2 Å². The molecule has 19 heavy (non-hydrogen) atoms. The Balaban J connectivity index is 0. The molecule has 0 aliphatic carbocycles. The van der Waals surface area contributed by atoms with E-state index in [-0.39, 0.29) is 24.2 Å². The smallest absolute Gasteiger partial charge is 0.239 e. The first-order valence-electron chi connectivity index (χ1n) is 6.61. The zero-order chi connectivity index (χ0) is 14.0. The van der Waals surface area contributed by atoms with Crippen LogP contribution in [0.3, 0.4) is 0 Å². The predicted octanol–water partition coefficient (Wildman–Crippen LogP) is 1.29. The van der Waals surface area contributed by atoms with Crippen LogP contribution < -0.4 is 5.73 Å². The minimum absolute atomic E-state index is 0. The van der Waals surface area contributed by atoms with Gasteiger partial charge in [-0.15, -0.1) is 12.4 Å². The molecular formula is C13H29ClN2O3. The number of hydrogen-bond donors (Lipinski definition) is 1. The van der Waals surface area contributed by atoms with Crippen LogP contribution in [0, 0.1) is 5.92 Å². The second-order valence-electron chi connectivity index (χ2n) is 4.63. The Hall–Kier alpha value is -0.360. The van der Waals surface area contributed by atoms with Gasteiger partial charge in [0.05, 0.1) is 12.6 Å². The van der Waals surface area contributed by atoms with Gasteiger partial charge in [-0.1, -0.05) is 20.3 Å². The van der Waals surface area contributed by atoms with Crippen molar-refractivity contribution in [3.05, 3.63) is 0 Å². The fourth-order valence-electron chi connectivity index (χ4n) is 1.47. The average molecular weight is 297 g/mol. The number of ether oxygens (including phenoxy) is 2. The van der Waals surface area contributed by atoms with Crippen LogP contribution in [0.4, 0.5) is 0 Å². The van der Waals surface area contributed by atoms with Gasteiger partial charge in [0.2, 0.25) is 5.91 Å². The molecule has 0 aliphatic rings. The first-order chi connectivity index (χ1) is 8.54. The molecule has 0 heterocycles. The van der Waals surface area contributed by atoms with Crippen molar-refractivity contribution in [1.29, 1.82) is 0 Å². The van der Waals surface area contributed by atoms with Crippen molar-refractivity contribution in [3.63, 3.8) is 0 Å². The molecule has 1 amide bonds. The maximum absolute atomic E-state index is 11.9. The third-order valence-electron chi connectivity index (χ3n) is 3.13. The summed E-state index contributed by atoms with van der Waals surface area (Å²) in [4.78, 5) is 13.6. The molecule has 0 bridgehead atoms. The topological polar surface area (TPSA) is 64.8 Å². The van der Waals surface area contributed by atoms with Gasteiger partial charge >= 0.3 is 0 Å². The molecule has 0 spiro atoms. The van der Waals surface area contributed by atoms with Crippen molar-refractivity contribution >= 4 is 18.3 Å². The van der Waals surface area contributed by atoms with Crippen molar-refractivity contribution < 1.29 is 14.3 Å². The maximum Gasteiger partial charge on any atom is 0.239 e. The second kappa shape index (κ2) is 12.7. The zero-order valence-corrected chi connectivity index (χ0v) is 13.4. The van der Waals surface area contributed by atoms with Crippen molar-refractivity contribution in [1.82, 2.24) is 4.90 Å². The van der Waals surface area contributed by atoms with Crippen LogP contribution >= 0.6 is 12.4 Å². The van der Waals surface area contributed by atoms with Crippen LogP contribution in [-0.2, 0) is 14.3 Å². The van der Waals surface area contributed by atoms with E-state index in [1.165, 1.54) is 0 Å². The highest BCUT2D eigenvalue weighted by Crippen LogP contribution is 2.07. The van der Waals surface area contributed by atoms with Crippen LogP contribution in [0.15, 0.2) is 0 Å². The molecule has 2 N–H and O–H groups in total.